The van der Waals surface area contributed by atoms with Gasteiger partial charge in [0.15, 0.2) is 0 Å². The van der Waals surface area contributed by atoms with Crippen LogP contribution >= 0.6 is 0 Å². The minimum atomic E-state index is -1.10. The molecule has 0 unspecified atom stereocenters. The molecule has 0 aliphatic rings. The highest BCUT2D eigenvalue weighted by molar-refractivity contribution is 6.09. The van der Waals surface area contributed by atoms with Gasteiger partial charge in [0, 0.05) is 12.3 Å². The number of para-hydroxylation sites is 1. The number of ether oxygens (including phenoxy) is 1. The maximum Gasteiger partial charge on any atom is 0.336 e. The molecule has 4 rings (SSSR count). The van der Waals surface area contributed by atoms with Crippen molar-refractivity contribution < 1.29 is 14.6 Å². The summed E-state index contributed by atoms with van der Waals surface area (Å²) in [5.74, 6) is 0.731. The SMILES string of the molecule is CC(=N)c1c(C(=O)O)cc(/C=C/c2ccccc2)nc1NCc1ccc(Oc2ccccc2)cc1. The summed E-state index contributed by atoms with van der Waals surface area (Å²) in [6.07, 6.45) is 3.64. The molecule has 3 N–H and O–H groups in total. The van der Waals surface area contributed by atoms with E-state index in [1.807, 2.05) is 91.0 Å². The third kappa shape index (κ3) is 6.21. The second kappa shape index (κ2) is 10.9. The van der Waals surface area contributed by atoms with Crippen LogP contribution in [-0.2, 0) is 6.54 Å². The summed E-state index contributed by atoms with van der Waals surface area (Å²) in [4.78, 5) is 16.6. The van der Waals surface area contributed by atoms with E-state index in [0.29, 0.717) is 18.1 Å². The first-order valence-corrected chi connectivity index (χ1v) is 11.1. The van der Waals surface area contributed by atoms with Gasteiger partial charge in [0.05, 0.1) is 16.8 Å². The molecule has 35 heavy (non-hydrogen) atoms. The van der Waals surface area contributed by atoms with Crippen molar-refractivity contribution in [2.75, 3.05) is 5.32 Å². The summed E-state index contributed by atoms with van der Waals surface area (Å²) in [5, 5.41) is 21.2. The summed E-state index contributed by atoms with van der Waals surface area (Å²) in [6, 6.07) is 28.4. The minimum Gasteiger partial charge on any atom is -0.478 e. The van der Waals surface area contributed by atoms with Crippen molar-refractivity contribution >= 4 is 29.7 Å². The van der Waals surface area contributed by atoms with Crippen LogP contribution in [0.5, 0.6) is 11.5 Å². The third-order valence-electron chi connectivity index (χ3n) is 5.25. The van der Waals surface area contributed by atoms with Gasteiger partial charge in [-0.15, -0.1) is 0 Å². The van der Waals surface area contributed by atoms with Crippen LogP contribution in [0, 0.1) is 5.41 Å². The second-order valence-corrected chi connectivity index (χ2v) is 7.91. The van der Waals surface area contributed by atoms with Crippen LogP contribution in [0.3, 0.4) is 0 Å². The van der Waals surface area contributed by atoms with Crippen LogP contribution in [0.2, 0.25) is 0 Å². The highest BCUT2D eigenvalue weighted by atomic mass is 16.5. The van der Waals surface area contributed by atoms with Crippen LogP contribution in [0.15, 0.2) is 91.0 Å². The predicted molar refractivity (Wildman–Crippen MR) is 139 cm³/mol. The Morgan fingerprint density at radius 1 is 0.943 bits per heavy atom. The Kier molecular flexibility index (Phi) is 7.33. The molecule has 0 saturated heterocycles. The smallest absolute Gasteiger partial charge is 0.336 e. The highest BCUT2D eigenvalue weighted by Gasteiger charge is 2.19. The molecule has 0 bridgehead atoms. The van der Waals surface area contributed by atoms with Crippen molar-refractivity contribution in [2.45, 2.75) is 13.5 Å². The number of rotatable bonds is 9. The predicted octanol–water partition coefficient (Wildman–Crippen LogP) is 6.74. The molecule has 1 aromatic heterocycles. The molecule has 174 valence electrons. The van der Waals surface area contributed by atoms with Gasteiger partial charge in [-0.05, 0) is 54.5 Å². The Labute approximate surface area is 204 Å². The molecule has 0 saturated carbocycles. The zero-order valence-electron chi connectivity index (χ0n) is 19.2. The number of pyridine rings is 1. The largest absolute Gasteiger partial charge is 0.478 e. The molecule has 1 heterocycles. The van der Waals surface area contributed by atoms with Crippen molar-refractivity contribution in [3.8, 4) is 11.5 Å². The first-order chi connectivity index (χ1) is 17.0. The monoisotopic (exact) mass is 463 g/mol. The molecule has 0 fully saturated rings. The zero-order chi connectivity index (χ0) is 24.6. The lowest BCUT2D eigenvalue weighted by Gasteiger charge is -2.14. The van der Waals surface area contributed by atoms with Crippen molar-refractivity contribution in [2.24, 2.45) is 0 Å². The average molecular weight is 464 g/mol. The van der Waals surface area contributed by atoms with Crippen LogP contribution in [-0.4, -0.2) is 21.8 Å². The Balaban J connectivity index is 1.56. The fourth-order valence-electron chi connectivity index (χ4n) is 3.56. The van der Waals surface area contributed by atoms with Crippen LogP contribution in [0.25, 0.3) is 12.2 Å². The van der Waals surface area contributed by atoms with E-state index in [0.717, 1.165) is 22.6 Å². The number of carboxylic acids is 1. The Bertz CT molecular complexity index is 1350. The standard InChI is InChI=1S/C29H25N3O3/c1-20(30)27-26(29(33)34)18-23(15-12-21-8-4-2-5-9-21)32-28(27)31-19-22-13-16-25(17-14-22)35-24-10-6-3-7-11-24/h2-18,30H,19H2,1H3,(H,31,32)(H,33,34)/b15-12+,30-20?. The number of aromatic nitrogens is 1. The molecule has 0 aliphatic carbocycles. The fourth-order valence-corrected chi connectivity index (χ4v) is 3.56. The Morgan fingerprint density at radius 3 is 2.20 bits per heavy atom. The maximum atomic E-state index is 12.0. The normalized spacial score (nSPS) is 10.8. The van der Waals surface area contributed by atoms with E-state index in [1.165, 1.54) is 6.07 Å². The van der Waals surface area contributed by atoms with Crippen molar-refractivity contribution in [1.29, 1.82) is 5.41 Å². The van der Waals surface area contributed by atoms with Gasteiger partial charge in [-0.3, -0.25) is 0 Å². The van der Waals surface area contributed by atoms with E-state index in [9.17, 15) is 9.90 Å². The van der Waals surface area contributed by atoms with E-state index in [-0.39, 0.29) is 16.8 Å². The molecule has 4 aromatic rings. The molecule has 6 nitrogen and oxygen atoms in total. The number of carboxylic acid groups (broad SMARTS) is 1. The molecule has 0 amide bonds. The molecule has 0 aliphatic heterocycles. The van der Waals surface area contributed by atoms with Gasteiger partial charge in [-0.2, -0.15) is 0 Å². The summed E-state index contributed by atoms with van der Waals surface area (Å²) >= 11 is 0. The number of nitrogens with one attached hydrogen (secondary N) is 2. The van der Waals surface area contributed by atoms with Gasteiger partial charge in [-0.25, -0.2) is 9.78 Å². The van der Waals surface area contributed by atoms with Gasteiger partial charge >= 0.3 is 5.97 Å². The lowest BCUT2D eigenvalue weighted by Crippen LogP contribution is -2.14. The van der Waals surface area contributed by atoms with Crippen LogP contribution in [0.1, 0.15) is 39.7 Å². The van der Waals surface area contributed by atoms with Crippen molar-refractivity contribution in [1.82, 2.24) is 4.98 Å². The lowest BCUT2D eigenvalue weighted by molar-refractivity contribution is 0.0696. The minimum absolute atomic E-state index is 0.0364. The Morgan fingerprint density at radius 2 is 1.57 bits per heavy atom. The van der Waals surface area contributed by atoms with Crippen LogP contribution in [0.4, 0.5) is 5.82 Å². The average Bonchev–Trinajstić information content (AvgIpc) is 2.87. The van der Waals surface area contributed by atoms with Gasteiger partial charge < -0.3 is 20.6 Å². The van der Waals surface area contributed by atoms with Crippen LogP contribution < -0.4 is 10.1 Å². The molecule has 3 aromatic carbocycles. The number of carbonyl (C=O) groups is 1. The maximum absolute atomic E-state index is 12.0. The fraction of sp³-hybridized carbons (Fsp3) is 0.0690. The number of hydrogen-bond acceptors (Lipinski definition) is 5. The summed E-state index contributed by atoms with van der Waals surface area (Å²) in [6.45, 7) is 1.97. The van der Waals surface area contributed by atoms with E-state index in [1.54, 1.807) is 13.0 Å². The summed E-state index contributed by atoms with van der Waals surface area (Å²) in [5.41, 5.74) is 2.87. The molecule has 0 spiro atoms. The quantitative estimate of drug-likeness (QED) is 0.239. The summed E-state index contributed by atoms with van der Waals surface area (Å²) < 4.78 is 5.83. The Hall–Kier alpha value is -4.71. The van der Waals surface area contributed by atoms with Gasteiger partial charge in [0.2, 0.25) is 0 Å². The van der Waals surface area contributed by atoms with Gasteiger partial charge in [-0.1, -0.05) is 66.7 Å². The van der Waals surface area contributed by atoms with E-state index < -0.39 is 5.97 Å². The number of anilines is 1. The highest BCUT2D eigenvalue weighted by Crippen LogP contribution is 2.24. The van der Waals surface area contributed by atoms with Crippen molar-refractivity contribution in [3.05, 3.63) is 119 Å². The number of nitrogens with zero attached hydrogens (tertiary/aromatic N) is 1. The van der Waals surface area contributed by atoms with E-state index in [2.05, 4.69) is 10.3 Å². The zero-order valence-corrected chi connectivity index (χ0v) is 19.2. The second-order valence-electron chi connectivity index (χ2n) is 7.91. The first kappa shape index (κ1) is 23.4. The summed E-state index contributed by atoms with van der Waals surface area (Å²) in [7, 11) is 0. The number of aromatic carboxylic acids is 1. The van der Waals surface area contributed by atoms with Gasteiger partial charge in [0.1, 0.15) is 17.3 Å². The van der Waals surface area contributed by atoms with Crippen molar-refractivity contribution in [3.63, 3.8) is 0 Å². The molecule has 0 atom stereocenters. The molecule has 0 radical (unpaired) electrons. The third-order valence-corrected chi connectivity index (χ3v) is 5.25. The molecular formula is C29H25N3O3. The topological polar surface area (TPSA) is 95.3 Å². The molecule has 6 heteroatoms. The van der Waals surface area contributed by atoms with E-state index >= 15 is 0 Å². The molecular weight excluding hydrogens is 438 g/mol. The first-order valence-electron chi connectivity index (χ1n) is 11.1. The van der Waals surface area contributed by atoms with Gasteiger partial charge in [0.25, 0.3) is 0 Å². The number of benzene rings is 3. The van der Waals surface area contributed by atoms with E-state index in [4.69, 9.17) is 10.1 Å². The number of hydrogen-bond donors (Lipinski definition) is 3. The lowest BCUT2D eigenvalue weighted by atomic mass is 10.0.